The van der Waals surface area contributed by atoms with Gasteiger partial charge in [0, 0.05) is 11.1 Å². The molecule has 5 nitrogen and oxygen atoms in total. The number of ether oxygens (including phenoxy) is 3. The number of carbonyl (C=O) groups is 1. The molecule has 0 fully saturated rings. The molecule has 0 aliphatic carbocycles. The summed E-state index contributed by atoms with van der Waals surface area (Å²) in [6, 6.07) is 6.75. The van der Waals surface area contributed by atoms with E-state index in [2.05, 4.69) is 0 Å². The van der Waals surface area contributed by atoms with E-state index in [-0.39, 0.29) is 16.9 Å². The van der Waals surface area contributed by atoms with Gasteiger partial charge >= 0.3 is 5.97 Å². The molecule has 22 heavy (non-hydrogen) atoms. The molecular weight excluding hydrogens is 291 g/mol. The van der Waals surface area contributed by atoms with Crippen molar-refractivity contribution in [1.82, 2.24) is 0 Å². The Morgan fingerprint density at radius 1 is 0.955 bits per heavy atom. The molecule has 0 bridgehead atoms. The molecule has 0 aliphatic rings. The van der Waals surface area contributed by atoms with E-state index < -0.39 is 11.8 Å². The number of benzene rings is 2. The van der Waals surface area contributed by atoms with E-state index >= 15 is 0 Å². The SMILES string of the molecule is COc1ccc(-c2cc(C(=O)O)ccc2F)c(OC)c1OC. The molecule has 0 spiro atoms. The summed E-state index contributed by atoms with van der Waals surface area (Å²) >= 11 is 0. The molecule has 0 aromatic heterocycles. The van der Waals surface area contributed by atoms with Crippen LogP contribution in [0.2, 0.25) is 0 Å². The van der Waals surface area contributed by atoms with Crippen LogP contribution in [0, 0.1) is 5.82 Å². The van der Waals surface area contributed by atoms with Gasteiger partial charge in [-0.1, -0.05) is 0 Å². The number of carboxylic acids is 1. The van der Waals surface area contributed by atoms with E-state index in [9.17, 15) is 9.18 Å². The van der Waals surface area contributed by atoms with Crippen LogP contribution in [0.15, 0.2) is 30.3 Å². The van der Waals surface area contributed by atoms with Gasteiger partial charge in [-0.3, -0.25) is 0 Å². The van der Waals surface area contributed by atoms with Crippen LogP contribution in [-0.2, 0) is 0 Å². The fourth-order valence-electron chi connectivity index (χ4n) is 2.18. The van der Waals surface area contributed by atoms with Gasteiger partial charge in [0.2, 0.25) is 5.75 Å². The maximum atomic E-state index is 14.1. The summed E-state index contributed by atoms with van der Waals surface area (Å²) in [4.78, 5) is 11.1. The van der Waals surface area contributed by atoms with Gasteiger partial charge in [0.25, 0.3) is 0 Å². The van der Waals surface area contributed by atoms with Crippen LogP contribution in [0.25, 0.3) is 11.1 Å². The Kier molecular flexibility index (Phi) is 4.50. The molecule has 0 aliphatic heterocycles. The Morgan fingerprint density at radius 3 is 2.18 bits per heavy atom. The van der Waals surface area contributed by atoms with Crippen LogP contribution in [0.4, 0.5) is 4.39 Å². The highest BCUT2D eigenvalue weighted by Gasteiger charge is 2.20. The van der Waals surface area contributed by atoms with Crippen molar-refractivity contribution < 1.29 is 28.5 Å². The maximum absolute atomic E-state index is 14.1. The minimum atomic E-state index is -1.14. The molecule has 2 aromatic rings. The fourth-order valence-corrected chi connectivity index (χ4v) is 2.18. The van der Waals surface area contributed by atoms with Crippen molar-refractivity contribution >= 4 is 5.97 Å². The maximum Gasteiger partial charge on any atom is 0.335 e. The summed E-state index contributed by atoms with van der Waals surface area (Å²) in [5.41, 5.74) is 0.465. The lowest BCUT2D eigenvalue weighted by atomic mass is 10.0. The van der Waals surface area contributed by atoms with E-state index in [0.717, 1.165) is 6.07 Å². The van der Waals surface area contributed by atoms with Gasteiger partial charge in [0.15, 0.2) is 11.5 Å². The second-order valence-corrected chi connectivity index (χ2v) is 4.38. The number of hydrogen-bond acceptors (Lipinski definition) is 4. The number of carboxylic acid groups (broad SMARTS) is 1. The fraction of sp³-hybridized carbons (Fsp3) is 0.188. The lowest BCUT2D eigenvalue weighted by molar-refractivity contribution is 0.0697. The molecule has 0 saturated carbocycles. The molecule has 2 aromatic carbocycles. The van der Waals surface area contributed by atoms with Crippen LogP contribution in [-0.4, -0.2) is 32.4 Å². The zero-order chi connectivity index (χ0) is 16.3. The normalized spacial score (nSPS) is 10.2. The largest absolute Gasteiger partial charge is 0.493 e. The van der Waals surface area contributed by atoms with Gasteiger partial charge in [0.05, 0.1) is 26.9 Å². The Hall–Kier alpha value is -2.76. The van der Waals surface area contributed by atoms with Gasteiger partial charge in [-0.2, -0.15) is 0 Å². The molecule has 0 radical (unpaired) electrons. The van der Waals surface area contributed by atoms with E-state index in [0.29, 0.717) is 17.1 Å². The molecule has 116 valence electrons. The molecule has 0 heterocycles. The van der Waals surface area contributed by atoms with Gasteiger partial charge in [0.1, 0.15) is 5.82 Å². The summed E-state index contributed by atoms with van der Waals surface area (Å²) in [5.74, 6) is -0.694. The molecule has 6 heteroatoms. The highest BCUT2D eigenvalue weighted by atomic mass is 19.1. The topological polar surface area (TPSA) is 65.0 Å². The zero-order valence-corrected chi connectivity index (χ0v) is 12.3. The summed E-state index contributed by atoms with van der Waals surface area (Å²) in [6.07, 6.45) is 0. The van der Waals surface area contributed by atoms with Crippen molar-refractivity contribution in [3.63, 3.8) is 0 Å². The molecule has 2 rings (SSSR count). The van der Waals surface area contributed by atoms with Crippen molar-refractivity contribution in [1.29, 1.82) is 0 Å². The molecular formula is C16H15FO5. The third-order valence-electron chi connectivity index (χ3n) is 3.21. The first-order chi connectivity index (χ1) is 10.5. The van der Waals surface area contributed by atoms with Crippen molar-refractivity contribution in [3.8, 4) is 28.4 Å². The number of rotatable bonds is 5. The van der Waals surface area contributed by atoms with Crippen LogP contribution in [0.1, 0.15) is 10.4 Å². The predicted molar refractivity (Wildman–Crippen MR) is 78.5 cm³/mol. The van der Waals surface area contributed by atoms with Crippen molar-refractivity contribution in [3.05, 3.63) is 41.7 Å². The summed E-state index contributed by atoms with van der Waals surface area (Å²) in [6.45, 7) is 0. The Morgan fingerprint density at radius 2 is 1.64 bits per heavy atom. The first-order valence-electron chi connectivity index (χ1n) is 6.35. The predicted octanol–water partition coefficient (Wildman–Crippen LogP) is 3.22. The number of aromatic carboxylic acids is 1. The lowest BCUT2D eigenvalue weighted by Gasteiger charge is -2.16. The number of hydrogen-bond donors (Lipinski definition) is 1. The Labute approximate surface area is 126 Å². The first kappa shape index (κ1) is 15.6. The van der Waals surface area contributed by atoms with Crippen LogP contribution < -0.4 is 14.2 Å². The summed E-state index contributed by atoms with van der Waals surface area (Å²) in [5, 5.41) is 9.06. The first-order valence-corrected chi connectivity index (χ1v) is 6.35. The van der Waals surface area contributed by atoms with Crippen molar-refractivity contribution in [2.45, 2.75) is 0 Å². The summed E-state index contributed by atoms with van der Waals surface area (Å²) in [7, 11) is 4.33. The smallest absolute Gasteiger partial charge is 0.335 e. The second-order valence-electron chi connectivity index (χ2n) is 4.38. The third kappa shape index (κ3) is 2.67. The van der Waals surface area contributed by atoms with E-state index in [1.807, 2.05) is 0 Å². The highest BCUT2D eigenvalue weighted by molar-refractivity contribution is 5.90. The molecule has 1 N–H and O–H groups in total. The molecule has 0 atom stereocenters. The van der Waals surface area contributed by atoms with Crippen LogP contribution in [0.5, 0.6) is 17.2 Å². The van der Waals surface area contributed by atoms with Gasteiger partial charge < -0.3 is 19.3 Å². The van der Waals surface area contributed by atoms with Gasteiger partial charge in [-0.05, 0) is 30.3 Å². The molecule has 0 saturated heterocycles. The van der Waals surface area contributed by atoms with Gasteiger partial charge in [-0.25, -0.2) is 9.18 Å². The lowest BCUT2D eigenvalue weighted by Crippen LogP contribution is -2.00. The molecule has 0 unspecified atom stereocenters. The highest BCUT2D eigenvalue weighted by Crippen LogP contribution is 2.44. The number of methoxy groups -OCH3 is 3. The number of halogens is 1. The standard InChI is InChI=1S/C16H15FO5/c1-20-13-7-5-10(14(21-2)15(13)22-3)11-8-9(16(18)19)4-6-12(11)17/h4-8H,1-3H3,(H,18,19). The average molecular weight is 306 g/mol. The van der Waals surface area contributed by atoms with Crippen LogP contribution in [0.3, 0.4) is 0 Å². The van der Waals surface area contributed by atoms with E-state index in [1.165, 1.54) is 33.5 Å². The quantitative estimate of drug-likeness (QED) is 0.919. The van der Waals surface area contributed by atoms with Crippen LogP contribution >= 0.6 is 0 Å². The zero-order valence-electron chi connectivity index (χ0n) is 12.3. The van der Waals surface area contributed by atoms with E-state index in [4.69, 9.17) is 19.3 Å². The van der Waals surface area contributed by atoms with Crippen molar-refractivity contribution in [2.24, 2.45) is 0 Å². The average Bonchev–Trinajstić information content (AvgIpc) is 2.53. The minimum absolute atomic E-state index is 0.0202. The summed E-state index contributed by atoms with van der Waals surface area (Å²) < 4.78 is 29.9. The second kappa shape index (κ2) is 6.34. The van der Waals surface area contributed by atoms with Gasteiger partial charge in [-0.15, -0.1) is 0 Å². The Bertz CT molecular complexity index is 712. The van der Waals surface area contributed by atoms with E-state index in [1.54, 1.807) is 12.1 Å². The minimum Gasteiger partial charge on any atom is -0.493 e. The monoisotopic (exact) mass is 306 g/mol. The Balaban J connectivity index is 2.72. The van der Waals surface area contributed by atoms with Crippen molar-refractivity contribution in [2.75, 3.05) is 21.3 Å². The molecule has 0 amide bonds. The third-order valence-corrected chi connectivity index (χ3v) is 3.21.